The van der Waals surface area contributed by atoms with Gasteiger partial charge in [0.1, 0.15) is 0 Å². The molecular formula is C21H27N3O4. The van der Waals surface area contributed by atoms with Gasteiger partial charge in [0, 0.05) is 30.1 Å². The maximum absolute atomic E-state index is 12.0. The van der Waals surface area contributed by atoms with Gasteiger partial charge >= 0.3 is 5.97 Å². The molecule has 0 aliphatic heterocycles. The summed E-state index contributed by atoms with van der Waals surface area (Å²) in [5.41, 5.74) is 1.29. The van der Waals surface area contributed by atoms with Crippen molar-refractivity contribution in [2.45, 2.75) is 39.2 Å². The van der Waals surface area contributed by atoms with Gasteiger partial charge in [-0.25, -0.2) is 0 Å². The topological polar surface area (TPSA) is 88.6 Å². The molecule has 7 nitrogen and oxygen atoms in total. The molecule has 0 radical (unpaired) electrons. The molecule has 0 spiro atoms. The molecular weight excluding hydrogens is 358 g/mol. The molecule has 2 aromatic rings. The van der Waals surface area contributed by atoms with Gasteiger partial charge in [-0.3, -0.25) is 19.4 Å². The first kappa shape index (κ1) is 21.3. The molecule has 1 N–H and O–H groups in total. The first-order valence-corrected chi connectivity index (χ1v) is 9.19. The van der Waals surface area contributed by atoms with Crippen molar-refractivity contribution < 1.29 is 19.1 Å². The zero-order chi connectivity index (χ0) is 20.7. The van der Waals surface area contributed by atoms with Crippen LogP contribution in [0.4, 0.5) is 0 Å². The van der Waals surface area contributed by atoms with Gasteiger partial charge in [0.05, 0.1) is 18.5 Å². The summed E-state index contributed by atoms with van der Waals surface area (Å²) >= 11 is 0. The Balaban J connectivity index is 1.75. The zero-order valence-corrected chi connectivity index (χ0v) is 16.8. The molecule has 7 heteroatoms. The number of ether oxygens (including phenoxy) is 1. The Kier molecular flexibility index (Phi) is 7.09. The third-order valence-corrected chi connectivity index (χ3v) is 3.92. The maximum atomic E-state index is 12.0. The van der Waals surface area contributed by atoms with Crippen LogP contribution in [0.1, 0.15) is 32.9 Å². The third-order valence-electron chi connectivity index (χ3n) is 3.92. The van der Waals surface area contributed by atoms with Crippen molar-refractivity contribution in [3.05, 3.63) is 42.1 Å². The van der Waals surface area contributed by atoms with Crippen molar-refractivity contribution in [2.75, 3.05) is 20.2 Å². The van der Waals surface area contributed by atoms with Gasteiger partial charge < -0.3 is 15.0 Å². The van der Waals surface area contributed by atoms with Gasteiger partial charge in [-0.2, -0.15) is 0 Å². The van der Waals surface area contributed by atoms with E-state index in [9.17, 15) is 14.4 Å². The Morgan fingerprint density at radius 1 is 1.11 bits per heavy atom. The molecule has 0 aliphatic rings. The van der Waals surface area contributed by atoms with Crippen LogP contribution in [0.25, 0.3) is 10.9 Å². The number of rotatable bonds is 7. The maximum Gasteiger partial charge on any atom is 0.306 e. The minimum Gasteiger partial charge on any atom is -0.456 e. The van der Waals surface area contributed by atoms with Gasteiger partial charge in [-0.05, 0) is 32.9 Å². The Bertz CT molecular complexity index is 858. The summed E-state index contributed by atoms with van der Waals surface area (Å²) in [4.78, 5) is 41.5. The van der Waals surface area contributed by atoms with Gasteiger partial charge in [-0.1, -0.05) is 24.3 Å². The number of nitrogens with one attached hydrogen (secondary N) is 1. The average Bonchev–Trinajstić information content (AvgIpc) is 2.62. The van der Waals surface area contributed by atoms with E-state index >= 15 is 0 Å². The predicted octanol–water partition coefficient (Wildman–Crippen LogP) is 2.08. The minimum atomic E-state index is -0.476. The van der Waals surface area contributed by atoms with E-state index in [1.54, 1.807) is 0 Å². The van der Waals surface area contributed by atoms with Crippen molar-refractivity contribution in [3.8, 4) is 0 Å². The van der Waals surface area contributed by atoms with Crippen molar-refractivity contribution in [3.63, 3.8) is 0 Å². The van der Waals surface area contributed by atoms with Crippen molar-refractivity contribution in [1.82, 2.24) is 15.2 Å². The number of aromatic nitrogens is 1. The smallest absolute Gasteiger partial charge is 0.306 e. The number of fused-ring (bicyclic) bond motifs is 1. The van der Waals surface area contributed by atoms with Crippen LogP contribution in [0, 0.1) is 0 Å². The van der Waals surface area contributed by atoms with E-state index in [4.69, 9.17) is 4.74 Å². The number of amides is 2. The number of hydrogen-bond acceptors (Lipinski definition) is 5. The lowest BCUT2D eigenvalue weighted by Crippen LogP contribution is -2.46. The van der Waals surface area contributed by atoms with E-state index < -0.39 is 11.9 Å². The zero-order valence-electron chi connectivity index (χ0n) is 16.8. The molecule has 0 fully saturated rings. The number of pyridine rings is 1. The normalized spacial score (nSPS) is 11.1. The number of aryl methyl sites for hydroxylation is 1. The molecule has 150 valence electrons. The fraction of sp³-hybridized carbons (Fsp3) is 0.429. The van der Waals surface area contributed by atoms with E-state index in [2.05, 4.69) is 10.3 Å². The largest absolute Gasteiger partial charge is 0.456 e. The molecule has 0 unspecified atom stereocenters. The summed E-state index contributed by atoms with van der Waals surface area (Å²) in [6, 6.07) is 11.6. The highest BCUT2D eigenvalue weighted by atomic mass is 16.5. The van der Waals surface area contributed by atoms with E-state index in [0.29, 0.717) is 6.42 Å². The highest BCUT2D eigenvalue weighted by Crippen LogP contribution is 2.12. The van der Waals surface area contributed by atoms with Crippen LogP contribution >= 0.6 is 0 Å². The molecule has 1 aromatic carbocycles. The van der Waals surface area contributed by atoms with Crippen molar-refractivity contribution in [2.24, 2.45) is 0 Å². The molecule has 0 saturated heterocycles. The summed E-state index contributed by atoms with van der Waals surface area (Å²) in [6.07, 6.45) is 0.564. The molecule has 1 heterocycles. The van der Waals surface area contributed by atoms with Gasteiger partial charge in [-0.15, -0.1) is 0 Å². The first-order valence-electron chi connectivity index (χ1n) is 9.19. The number of para-hydroxylation sites is 1. The van der Waals surface area contributed by atoms with Gasteiger partial charge in [0.2, 0.25) is 5.91 Å². The number of likely N-dealkylation sites (N-methyl/N-ethyl adjacent to an activating group) is 1. The van der Waals surface area contributed by atoms with Crippen LogP contribution in [0.5, 0.6) is 0 Å². The number of carbonyl (C=O) groups is 3. The fourth-order valence-corrected chi connectivity index (χ4v) is 2.56. The highest BCUT2D eigenvalue weighted by molar-refractivity contribution is 5.86. The SMILES string of the molecule is CN(CC(=O)NC(C)(C)C)C(=O)COC(=O)CCc1ccc2ccccc2n1. The number of esters is 1. The molecule has 1 aromatic heterocycles. The van der Waals surface area contributed by atoms with E-state index in [0.717, 1.165) is 16.6 Å². The highest BCUT2D eigenvalue weighted by Gasteiger charge is 2.18. The standard InChI is InChI=1S/C21H27N3O4/c1-21(2,3)23-18(25)13-24(4)19(26)14-28-20(27)12-11-16-10-9-15-7-5-6-8-17(15)22-16/h5-10H,11-14H2,1-4H3,(H,23,25). The number of benzene rings is 1. The summed E-state index contributed by atoms with van der Waals surface area (Å²) in [7, 11) is 1.50. The number of nitrogens with zero attached hydrogens (tertiary/aromatic N) is 2. The molecule has 0 bridgehead atoms. The average molecular weight is 385 g/mol. The minimum absolute atomic E-state index is 0.0886. The molecule has 0 aliphatic carbocycles. The van der Waals surface area contributed by atoms with E-state index in [1.807, 2.05) is 57.2 Å². The Morgan fingerprint density at radius 2 is 1.82 bits per heavy atom. The quantitative estimate of drug-likeness (QED) is 0.737. The van der Waals surface area contributed by atoms with Crippen LogP contribution in [0.15, 0.2) is 36.4 Å². The lowest BCUT2D eigenvalue weighted by molar-refractivity contribution is -0.152. The van der Waals surface area contributed by atoms with Crippen molar-refractivity contribution in [1.29, 1.82) is 0 Å². The van der Waals surface area contributed by atoms with Crippen LogP contribution in [-0.2, 0) is 25.5 Å². The van der Waals surface area contributed by atoms with Crippen LogP contribution in [0.2, 0.25) is 0 Å². The lowest BCUT2D eigenvalue weighted by atomic mass is 10.1. The molecule has 28 heavy (non-hydrogen) atoms. The summed E-state index contributed by atoms with van der Waals surface area (Å²) in [6.45, 7) is 5.11. The third kappa shape index (κ3) is 6.98. The second-order valence-electron chi connectivity index (χ2n) is 7.70. The van der Waals surface area contributed by atoms with Crippen LogP contribution in [0.3, 0.4) is 0 Å². The van der Waals surface area contributed by atoms with Crippen LogP contribution in [-0.4, -0.2) is 53.4 Å². The summed E-state index contributed by atoms with van der Waals surface area (Å²) in [5, 5.41) is 3.81. The molecule has 0 atom stereocenters. The van der Waals surface area contributed by atoms with Gasteiger partial charge in [0.15, 0.2) is 6.61 Å². The van der Waals surface area contributed by atoms with E-state index in [1.165, 1.54) is 11.9 Å². The molecule has 2 amide bonds. The van der Waals surface area contributed by atoms with Crippen LogP contribution < -0.4 is 5.32 Å². The Hall–Kier alpha value is -2.96. The first-order chi connectivity index (χ1) is 13.1. The predicted molar refractivity (Wildman–Crippen MR) is 107 cm³/mol. The molecule has 0 saturated carbocycles. The second kappa shape index (κ2) is 9.30. The Labute approximate surface area is 165 Å². The van der Waals surface area contributed by atoms with Crippen molar-refractivity contribution >= 4 is 28.7 Å². The fourth-order valence-electron chi connectivity index (χ4n) is 2.56. The lowest BCUT2D eigenvalue weighted by Gasteiger charge is -2.23. The number of carbonyl (C=O) groups excluding carboxylic acids is 3. The Morgan fingerprint density at radius 3 is 2.54 bits per heavy atom. The van der Waals surface area contributed by atoms with E-state index in [-0.39, 0.29) is 31.0 Å². The summed E-state index contributed by atoms with van der Waals surface area (Å²) in [5.74, 6) is -1.17. The summed E-state index contributed by atoms with van der Waals surface area (Å²) < 4.78 is 5.03. The monoisotopic (exact) mass is 385 g/mol. The molecule has 2 rings (SSSR count). The van der Waals surface area contributed by atoms with Gasteiger partial charge in [0.25, 0.3) is 5.91 Å². The number of hydrogen-bond donors (Lipinski definition) is 1. The second-order valence-corrected chi connectivity index (χ2v) is 7.70.